The lowest BCUT2D eigenvalue weighted by atomic mass is 10.2. The monoisotopic (exact) mass is 151 g/mol. The van der Waals surface area contributed by atoms with Crippen LogP contribution in [0.5, 0.6) is 0 Å². The van der Waals surface area contributed by atoms with Gasteiger partial charge in [-0.25, -0.2) is 0 Å². The number of benzene rings is 1. The van der Waals surface area contributed by atoms with E-state index in [0.717, 1.165) is 17.1 Å². The first-order chi connectivity index (χ1) is 5.40. The summed E-state index contributed by atoms with van der Waals surface area (Å²) in [5, 5.41) is 0. The molecule has 0 unspecified atom stereocenters. The van der Waals surface area contributed by atoms with E-state index in [1.807, 2.05) is 18.2 Å². The van der Waals surface area contributed by atoms with Crippen LogP contribution in [0.3, 0.4) is 0 Å². The standard InChI is InChI=1S/C6H9N5/c7-8-4-1-2-5-6(3-4)10-11-9-5/h1-3,8-11H,7H2. The highest BCUT2D eigenvalue weighted by atomic mass is 15.6. The van der Waals surface area contributed by atoms with Gasteiger partial charge in [-0.2, -0.15) is 0 Å². The smallest absolute Gasteiger partial charge is 0.0771 e. The molecule has 58 valence electrons. The number of nitrogens with two attached hydrogens (primary N) is 1. The van der Waals surface area contributed by atoms with Crippen molar-refractivity contribution in [3.63, 3.8) is 0 Å². The molecular weight excluding hydrogens is 142 g/mol. The minimum atomic E-state index is 0.877. The molecule has 0 atom stereocenters. The number of nitrogen functional groups attached to an aromatic ring is 1. The number of hydrazine groups is 3. The zero-order valence-electron chi connectivity index (χ0n) is 5.81. The second-order valence-corrected chi connectivity index (χ2v) is 2.28. The molecule has 0 aromatic heterocycles. The van der Waals surface area contributed by atoms with Crippen LogP contribution < -0.4 is 27.7 Å². The lowest BCUT2D eigenvalue weighted by molar-refractivity contribution is 1.01. The van der Waals surface area contributed by atoms with Crippen LogP contribution in [0.2, 0.25) is 0 Å². The van der Waals surface area contributed by atoms with Crippen LogP contribution in [0, 0.1) is 0 Å². The average molecular weight is 151 g/mol. The number of anilines is 3. The van der Waals surface area contributed by atoms with E-state index >= 15 is 0 Å². The summed E-state index contributed by atoms with van der Waals surface area (Å²) in [5.74, 6) is 5.23. The van der Waals surface area contributed by atoms with Crippen LogP contribution in [-0.2, 0) is 0 Å². The molecule has 0 aliphatic carbocycles. The number of hydrogen-bond acceptors (Lipinski definition) is 5. The highest BCUT2D eigenvalue weighted by Crippen LogP contribution is 2.26. The molecule has 0 saturated heterocycles. The molecule has 0 amide bonds. The molecule has 11 heavy (non-hydrogen) atoms. The fourth-order valence-corrected chi connectivity index (χ4v) is 1.01. The van der Waals surface area contributed by atoms with Crippen molar-refractivity contribution in [2.24, 2.45) is 5.84 Å². The van der Waals surface area contributed by atoms with Crippen LogP contribution in [0.15, 0.2) is 18.2 Å². The van der Waals surface area contributed by atoms with Crippen molar-refractivity contribution >= 4 is 17.1 Å². The molecule has 0 bridgehead atoms. The lowest BCUT2D eigenvalue weighted by Crippen LogP contribution is -2.19. The van der Waals surface area contributed by atoms with Crippen molar-refractivity contribution in [1.29, 1.82) is 0 Å². The molecule has 5 nitrogen and oxygen atoms in total. The van der Waals surface area contributed by atoms with Gasteiger partial charge in [0.25, 0.3) is 0 Å². The molecule has 1 heterocycles. The van der Waals surface area contributed by atoms with Crippen molar-refractivity contribution in [3.8, 4) is 0 Å². The molecule has 1 aliphatic rings. The van der Waals surface area contributed by atoms with Crippen molar-refractivity contribution in [1.82, 2.24) is 5.53 Å². The Kier molecular flexibility index (Phi) is 1.31. The van der Waals surface area contributed by atoms with E-state index in [1.165, 1.54) is 0 Å². The second kappa shape index (κ2) is 2.30. The van der Waals surface area contributed by atoms with Gasteiger partial charge < -0.3 is 16.3 Å². The van der Waals surface area contributed by atoms with Gasteiger partial charge in [-0.05, 0) is 18.2 Å². The van der Waals surface area contributed by atoms with Crippen LogP contribution in [-0.4, -0.2) is 0 Å². The number of nitrogens with one attached hydrogen (secondary N) is 4. The highest BCUT2D eigenvalue weighted by Gasteiger charge is 2.07. The topological polar surface area (TPSA) is 74.1 Å². The fraction of sp³-hybridized carbons (Fsp3) is 0. The minimum absolute atomic E-state index is 0.877. The normalized spacial score (nSPS) is 13.2. The summed E-state index contributed by atoms with van der Waals surface area (Å²) < 4.78 is 0. The Balaban J connectivity index is 2.41. The van der Waals surface area contributed by atoms with E-state index in [1.54, 1.807) is 0 Å². The Morgan fingerprint density at radius 3 is 2.82 bits per heavy atom. The van der Waals surface area contributed by atoms with Gasteiger partial charge in [0.1, 0.15) is 0 Å². The Morgan fingerprint density at radius 2 is 2.00 bits per heavy atom. The zero-order chi connectivity index (χ0) is 7.68. The van der Waals surface area contributed by atoms with E-state index in [0.29, 0.717) is 0 Å². The number of rotatable bonds is 1. The summed E-state index contributed by atoms with van der Waals surface area (Å²) in [5.41, 5.74) is 14.1. The first kappa shape index (κ1) is 6.26. The van der Waals surface area contributed by atoms with Gasteiger partial charge in [0, 0.05) is 0 Å². The maximum Gasteiger partial charge on any atom is 0.0771 e. The van der Waals surface area contributed by atoms with Gasteiger partial charge in [0.05, 0.1) is 17.1 Å². The van der Waals surface area contributed by atoms with Crippen LogP contribution in [0.4, 0.5) is 17.1 Å². The number of hydrogen-bond donors (Lipinski definition) is 5. The molecule has 0 radical (unpaired) electrons. The summed E-state index contributed by atoms with van der Waals surface area (Å²) in [4.78, 5) is 0. The fourth-order valence-electron chi connectivity index (χ4n) is 1.01. The summed E-state index contributed by atoms with van der Waals surface area (Å²) >= 11 is 0. The van der Waals surface area contributed by atoms with Crippen LogP contribution in [0.1, 0.15) is 0 Å². The third-order valence-electron chi connectivity index (χ3n) is 1.58. The summed E-state index contributed by atoms with van der Waals surface area (Å²) in [7, 11) is 0. The third-order valence-corrected chi connectivity index (χ3v) is 1.58. The van der Waals surface area contributed by atoms with Gasteiger partial charge in [0.2, 0.25) is 0 Å². The Morgan fingerprint density at radius 1 is 1.18 bits per heavy atom. The zero-order valence-corrected chi connectivity index (χ0v) is 5.81. The van der Waals surface area contributed by atoms with Gasteiger partial charge in [-0.15, -0.1) is 5.53 Å². The van der Waals surface area contributed by atoms with E-state index in [4.69, 9.17) is 5.84 Å². The molecule has 0 fully saturated rings. The van der Waals surface area contributed by atoms with Crippen molar-refractivity contribution in [2.75, 3.05) is 16.3 Å². The van der Waals surface area contributed by atoms with Gasteiger partial charge in [-0.3, -0.25) is 5.84 Å². The summed E-state index contributed by atoms with van der Waals surface area (Å²) in [6.45, 7) is 0. The molecule has 1 aliphatic heterocycles. The van der Waals surface area contributed by atoms with Gasteiger partial charge in [-0.1, -0.05) is 0 Å². The van der Waals surface area contributed by atoms with Crippen LogP contribution in [0.25, 0.3) is 0 Å². The predicted octanol–water partition coefficient (Wildman–Crippen LogP) is 0.229. The van der Waals surface area contributed by atoms with E-state index < -0.39 is 0 Å². The molecule has 0 spiro atoms. The maximum absolute atomic E-state index is 5.23. The van der Waals surface area contributed by atoms with E-state index in [2.05, 4.69) is 21.8 Å². The number of fused-ring (bicyclic) bond motifs is 1. The molecule has 5 heteroatoms. The van der Waals surface area contributed by atoms with Crippen molar-refractivity contribution in [2.45, 2.75) is 0 Å². The first-order valence-electron chi connectivity index (χ1n) is 3.28. The molecule has 1 aromatic carbocycles. The molecular formula is C6H9N5. The summed E-state index contributed by atoms with van der Waals surface area (Å²) in [6, 6.07) is 5.72. The third kappa shape index (κ3) is 0.957. The minimum Gasteiger partial charge on any atom is -0.324 e. The summed E-state index contributed by atoms with van der Waals surface area (Å²) in [6.07, 6.45) is 0. The van der Waals surface area contributed by atoms with Crippen molar-refractivity contribution in [3.05, 3.63) is 18.2 Å². The largest absolute Gasteiger partial charge is 0.324 e. The lowest BCUT2D eigenvalue weighted by Gasteiger charge is -2.01. The Labute approximate surface area is 63.9 Å². The first-order valence-corrected chi connectivity index (χ1v) is 3.28. The average Bonchev–Trinajstić information content (AvgIpc) is 2.50. The Hall–Kier alpha value is -1.46. The van der Waals surface area contributed by atoms with Crippen LogP contribution >= 0.6 is 0 Å². The maximum atomic E-state index is 5.23. The quantitative estimate of drug-likeness (QED) is 0.293. The molecule has 2 rings (SSSR count). The van der Waals surface area contributed by atoms with Gasteiger partial charge in [0.15, 0.2) is 0 Å². The Bertz CT molecular complexity index is 272. The van der Waals surface area contributed by atoms with Gasteiger partial charge >= 0.3 is 0 Å². The molecule has 0 saturated carbocycles. The van der Waals surface area contributed by atoms with E-state index in [-0.39, 0.29) is 0 Å². The molecule has 1 aromatic rings. The SMILES string of the molecule is NNc1ccc2c(c1)NNN2. The molecule has 6 N–H and O–H groups in total. The second-order valence-electron chi connectivity index (χ2n) is 2.28. The predicted molar refractivity (Wildman–Crippen MR) is 44.6 cm³/mol. The van der Waals surface area contributed by atoms with E-state index in [9.17, 15) is 0 Å². The van der Waals surface area contributed by atoms with Crippen molar-refractivity contribution < 1.29 is 0 Å². The highest BCUT2D eigenvalue weighted by molar-refractivity contribution is 5.75.